The van der Waals surface area contributed by atoms with Crippen molar-refractivity contribution >= 4 is 47.2 Å². The van der Waals surface area contributed by atoms with Crippen LogP contribution in [-0.2, 0) is 0 Å². The zero-order chi connectivity index (χ0) is 17.0. The number of anilines is 1. The first-order valence-corrected chi connectivity index (χ1v) is 7.37. The highest BCUT2D eigenvalue weighted by Crippen LogP contribution is 2.11. The van der Waals surface area contributed by atoms with Gasteiger partial charge in [-0.3, -0.25) is 14.9 Å². The molecule has 4 N–H and O–H groups in total. The van der Waals surface area contributed by atoms with Gasteiger partial charge in [-0.2, -0.15) is 0 Å². The molecule has 0 fully saturated rings. The number of carbonyl (C=O) groups is 2. The first-order valence-electron chi connectivity index (χ1n) is 6.96. The number of nitrogens with one attached hydrogen (secondary N) is 2. The third-order valence-corrected chi connectivity index (χ3v) is 3.63. The number of nitrogens with two attached hydrogens (primary N) is 1. The fourth-order valence-electron chi connectivity index (χ4n) is 1.94. The zero-order valence-electron chi connectivity index (χ0n) is 13.3. The second-order valence-corrected chi connectivity index (χ2v) is 5.56. The lowest BCUT2D eigenvalue weighted by molar-refractivity contribution is 0.0975. The summed E-state index contributed by atoms with van der Waals surface area (Å²) in [6.07, 6.45) is 0. The van der Waals surface area contributed by atoms with Gasteiger partial charge in [0.05, 0.1) is 0 Å². The quantitative estimate of drug-likeness (QED) is 0.732. The summed E-state index contributed by atoms with van der Waals surface area (Å²) in [5, 5.41) is 5.68. The Labute approximate surface area is 152 Å². The molecule has 126 valence electrons. The number of amides is 2. The predicted octanol–water partition coefficient (Wildman–Crippen LogP) is 2.95. The minimum Gasteiger partial charge on any atom is -0.366 e. The number of halogens is 1. The van der Waals surface area contributed by atoms with Crippen molar-refractivity contribution in [3.05, 3.63) is 64.7 Å². The van der Waals surface area contributed by atoms with Crippen LogP contribution in [0.4, 0.5) is 5.69 Å². The van der Waals surface area contributed by atoms with Crippen LogP contribution < -0.4 is 16.4 Å². The molecule has 0 bridgehead atoms. The number of thiocarbonyl (C=S) groups is 1. The lowest BCUT2D eigenvalue weighted by Crippen LogP contribution is -2.34. The second kappa shape index (κ2) is 8.42. The Morgan fingerprint density at radius 3 is 2.08 bits per heavy atom. The molecule has 0 saturated carbocycles. The molecule has 2 aromatic carbocycles. The van der Waals surface area contributed by atoms with Gasteiger partial charge in [0.15, 0.2) is 5.11 Å². The summed E-state index contributed by atoms with van der Waals surface area (Å²) in [5.74, 6) is -0.776. The van der Waals surface area contributed by atoms with E-state index in [9.17, 15) is 9.59 Å². The second-order valence-electron chi connectivity index (χ2n) is 5.15. The monoisotopic (exact) mass is 363 g/mol. The number of hydrogen-bond acceptors (Lipinski definition) is 3. The molecular formula is C17H18ClN3O2S. The SMILES string of the molecule is Cc1ccc(C(=O)NC(=S)Nc2ccc(C(N)=O)cc2)cc1C.Cl. The van der Waals surface area contributed by atoms with Crippen LogP contribution in [0.1, 0.15) is 31.8 Å². The highest BCUT2D eigenvalue weighted by molar-refractivity contribution is 7.80. The molecule has 0 spiro atoms. The third kappa shape index (κ3) is 5.04. The first kappa shape index (κ1) is 19.6. The summed E-state index contributed by atoms with van der Waals surface area (Å²) >= 11 is 5.12. The van der Waals surface area contributed by atoms with E-state index < -0.39 is 5.91 Å². The maximum Gasteiger partial charge on any atom is 0.257 e. The normalized spacial score (nSPS) is 9.58. The fraction of sp³-hybridized carbons (Fsp3) is 0.118. The molecule has 0 unspecified atom stereocenters. The summed E-state index contributed by atoms with van der Waals surface area (Å²) in [6, 6.07) is 11.9. The average Bonchev–Trinajstić information content (AvgIpc) is 2.50. The molecule has 0 aliphatic carbocycles. The van der Waals surface area contributed by atoms with Gasteiger partial charge < -0.3 is 11.1 Å². The van der Waals surface area contributed by atoms with E-state index in [1.807, 2.05) is 26.0 Å². The van der Waals surface area contributed by atoms with Gasteiger partial charge in [-0.15, -0.1) is 12.4 Å². The smallest absolute Gasteiger partial charge is 0.257 e. The van der Waals surface area contributed by atoms with Crippen molar-refractivity contribution in [2.24, 2.45) is 5.73 Å². The van der Waals surface area contributed by atoms with Crippen LogP contribution in [-0.4, -0.2) is 16.9 Å². The summed E-state index contributed by atoms with van der Waals surface area (Å²) in [5.41, 5.74) is 8.94. The van der Waals surface area contributed by atoms with Gasteiger partial charge in [-0.25, -0.2) is 0 Å². The number of hydrogen-bond donors (Lipinski definition) is 3. The minimum absolute atomic E-state index is 0. The molecule has 5 nitrogen and oxygen atoms in total. The van der Waals surface area contributed by atoms with E-state index in [1.54, 1.807) is 30.3 Å². The summed E-state index contributed by atoms with van der Waals surface area (Å²) < 4.78 is 0. The maximum atomic E-state index is 12.2. The van der Waals surface area contributed by atoms with Gasteiger partial charge in [-0.1, -0.05) is 6.07 Å². The summed E-state index contributed by atoms with van der Waals surface area (Å²) in [6.45, 7) is 3.93. The van der Waals surface area contributed by atoms with Gasteiger partial charge >= 0.3 is 0 Å². The number of rotatable bonds is 3. The van der Waals surface area contributed by atoms with Crippen molar-refractivity contribution in [2.75, 3.05) is 5.32 Å². The molecule has 0 heterocycles. The van der Waals surface area contributed by atoms with Crippen molar-refractivity contribution < 1.29 is 9.59 Å². The summed E-state index contributed by atoms with van der Waals surface area (Å²) in [7, 11) is 0. The highest BCUT2D eigenvalue weighted by Gasteiger charge is 2.09. The van der Waals surface area contributed by atoms with E-state index in [2.05, 4.69) is 10.6 Å². The molecule has 2 rings (SSSR count). The predicted molar refractivity (Wildman–Crippen MR) is 102 cm³/mol. The lowest BCUT2D eigenvalue weighted by atomic mass is 10.1. The topological polar surface area (TPSA) is 84.2 Å². The number of carbonyl (C=O) groups excluding carboxylic acids is 2. The molecule has 2 aromatic rings. The minimum atomic E-state index is -0.498. The van der Waals surface area contributed by atoms with Gasteiger partial charge in [0, 0.05) is 16.8 Å². The Morgan fingerprint density at radius 1 is 0.958 bits per heavy atom. The van der Waals surface area contributed by atoms with Gasteiger partial charge in [0.2, 0.25) is 5.91 Å². The largest absolute Gasteiger partial charge is 0.366 e. The Balaban J connectivity index is 0.00000288. The molecule has 24 heavy (non-hydrogen) atoms. The molecular weight excluding hydrogens is 346 g/mol. The highest BCUT2D eigenvalue weighted by atomic mass is 35.5. The van der Waals surface area contributed by atoms with Crippen LogP contribution in [0.3, 0.4) is 0 Å². The van der Waals surface area contributed by atoms with Gasteiger partial charge in [0.25, 0.3) is 5.91 Å². The molecule has 0 aliphatic rings. The van der Waals surface area contributed by atoms with Crippen molar-refractivity contribution in [1.29, 1.82) is 0 Å². The molecule has 0 aromatic heterocycles. The van der Waals surface area contributed by atoms with E-state index >= 15 is 0 Å². The van der Waals surface area contributed by atoms with Crippen molar-refractivity contribution in [3.63, 3.8) is 0 Å². The Hall–Kier alpha value is -2.44. The molecule has 7 heteroatoms. The van der Waals surface area contributed by atoms with Crippen molar-refractivity contribution in [3.8, 4) is 0 Å². The third-order valence-electron chi connectivity index (χ3n) is 3.42. The van der Waals surface area contributed by atoms with E-state index in [1.165, 1.54) is 0 Å². The lowest BCUT2D eigenvalue weighted by Gasteiger charge is -2.10. The molecule has 0 atom stereocenters. The van der Waals surface area contributed by atoms with Gasteiger partial charge in [-0.05, 0) is 73.6 Å². The molecule has 2 amide bonds. The standard InChI is InChI=1S/C17H17N3O2S.ClH/c1-10-3-4-13(9-11(10)2)16(22)20-17(23)19-14-7-5-12(6-8-14)15(18)21;/h3-9H,1-2H3,(H2,18,21)(H2,19,20,22,23);1H. The maximum absolute atomic E-state index is 12.2. The van der Waals surface area contributed by atoms with Crippen LogP contribution in [0, 0.1) is 13.8 Å². The average molecular weight is 364 g/mol. The van der Waals surface area contributed by atoms with Crippen LogP contribution in [0.5, 0.6) is 0 Å². The van der Waals surface area contributed by atoms with Crippen LogP contribution in [0.25, 0.3) is 0 Å². The first-order chi connectivity index (χ1) is 10.9. The van der Waals surface area contributed by atoms with E-state index in [4.69, 9.17) is 18.0 Å². The molecule has 0 saturated heterocycles. The van der Waals surface area contributed by atoms with E-state index in [0.29, 0.717) is 16.8 Å². The fourth-order valence-corrected chi connectivity index (χ4v) is 2.15. The number of benzene rings is 2. The van der Waals surface area contributed by atoms with Crippen molar-refractivity contribution in [1.82, 2.24) is 5.32 Å². The molecule has 0 aliphatic heterocycles. The van der Waals surface area contributed by atoms with Crippen LogP contribution in [0.15, 0.2) is 42.5 Å². The van der Waals surface area contributed by atoms with Crippen molar-refractivity contribution in [2.45, 2.75) is 13.8 Å². The number of aryl methyl sites for hydroxylation is 2. The van der Waals surface area contributed by atoms with Gasteiger partial charge in [0.1, 0.15) is 0 Å². The number of primary amides is 1. The summed E-state index contributed by atoms with van der Waals surface area (Å²) in [4.78, 5) is 23.2. The van der Waals surface area contributed by atoms with E-state index in [-0.39, 0.29) is 23.4 Å². The molecule has 0 radical (unpaired) electrons. The zero-order valence-corrected chi connectivity index (χ0v) is 14.9. The van der Waals surface area contributed by atoms with Crippen LogP contribution in [0.2, 0.25) is 0 Å². The Kier molecular flexibility index (Phi) is 6.88. The van der Waals surface area contributed by atoms with E-state index in [0.717, 1.165) is 11.1 Å². The van der Waals surface area contributed by atoms with Crippen LogP contribution >= 0.6 is 24.6 Å². The Bertz CT molecular complexity index is 776. The Morgan fingerprint density at radius 2 is 1.54 bits per heavy atom.